The molecule has 96 valence electrons. The Balaban J connectivity index is 2.37. The molecule has 6 nitrogen and oxygen atoms in total. The lowest BCUT2D eigenvalue weighted by Crippen LogP contribution is -2.05. The molecule has 2 heterocycles. The number of hydrogen-bond acceptors (Lipinski definition) is 4. The molecule has 0 saturated carbocycles. The Kier molecular flexibility index (Phi) is 2.66. The molecular weight excluding hydrogens is 256 g/mol. The van der Waals surface area contributed by atoms with Crippen molar-refractivity contribution in [1.82, 2.24) is 14.5 Å². The monoisotopic (exact) mass is 264 g/mol. The molecule has 2 aromatic heterocycles. The smallest absolute Gasteiger partial charge is 0.337 e. The first-order valence-corrected chi connectivity index (χ1v) is 5.77. The second-order valence-electron chi connectivity index (χ2n) is 4.08. The second-order valence-corrected chi connectivity index (χ2v) is 4.08. The number of carboxylic acids is 1. The lowest BCUT2D eigenvalue weighted by Gasteiger charge is -2.09. The van der Waals surface area contributed by atoms with Crippen LogP contribution in [0.3, 0.4) is 0 Å². The van der Waals surface area contributed by atoms with Crippen molar-refractivity contribution in [2.24, 2.45) is 0 Å². The minimum atomic E-state index is -1.04. The molecule has 0 aliphatic heterocycles. The van der Waals surface area contributed by atoms with Crippen LogP contribution in [-0.4, -0.2) is 25.6 Å². The van der Waals surface area contributed by atoms with Crippen molar-refractivity contribution in [1.29, 1.82) is 5.26 Å². The Morgan fingerprint density at radius 3 is 2.70 bits per heavy atom. The molecule has 0 bridgehead atoms. The van der Waals surface area contributed by atoms with E-state index in [9.17, 15) is 9.90 Å². The number of nitriles is 1. The maximum atomic E-state index is 11.2. The van der Waals surface area contributed by atoms with E-state index in [-0.39, 0.29) is 11.4 Å². The second kappa shape index (κ2) is 4.48. The van der Waals surface area contributed by atoms with Gasteiger partial charge in [0.25, 0.3) is 0 Å². The van der Waals surface area contributed by atoms with Crippen LogP contribution in [0, 0.1) is 11.3 Å². The summed E-state index contributed by atoms with van der Waals surface area (Å²) in [6, 6.07) is 9.01. The van der Waals surface area contributed by atoms with Gasteiger partial charge in [-0.1, -0.05) is 24.3 Å². The summed E-state index contributed by atoms with van der Waals surface area (Å²) >= 11 is 0. The van der Waals surface area contributed by atoms with Crippen molar-refractivity contribution in [2.75, 3.05) is 0 Å². The highest BCUT2D eigenvalue weighted by atomic mass is 16.4. The fourth-order valence-corrected chi connectivity index (χ4v) is 2.10. The average Bonchev–Trinajstić information content (AvgIpc) is 2.94. The van der Waals surface area contributed by atoms with Crippen molar-refractivity contribution in [3.8, 4) is 11.9 Å². The lowest BCUT2D eigenvalue weighted by molar-refractivity contribution is 0.0698. The van der Waals surface area contributed by atoms with Crippen molar-refractivity contribution in [3.63, 3.8) is 0 Å². The third-order valence-corrected chi connectivity index (χ3v) is 2.97. The number of pyridine rings is 1. The van der Waals surface area contributed by atoms with Crippen molar-refractivity contribution in [3.05, 3.63) is 54.2 Å². The maximum absolute atomic E-state index is 11.2. The van der Waals surface area contributed by atoms with Gasteiger partial charge in [-0.25, -0.2) is 14.8 Å². The average molecular weight is 264 g/mol. The number of carboxylic acid groups (broad SMARTS) is 1. The summed E-state index contributed by atoms with van der Waals surface area (Å²) in [5.41, 5.74) is 0.128. The van der Waals surface area contributed by atoms with Gasteiger partial charge in [0, 0.05) is 29.4 Å². The number of aromatic carboxylic acids is 1. The summed E-state index contributed by atoms with van der Waals surface area (Å²) in [5.74, 6) is -0.350. The number of fused-ring (bicyclic) bond motifs is 1. The van der Waals surface area contributed by atoms with Crippen molar-refractivity contribution in [2.45, 2.75) is 0 Å². The first kappa shape index (κ1) is 11.9. The van der Waals surface area contributed by atoms with Crippen LogP contribution >= 0.6 is 0 Å². The first-order chi connectivity index (χ1) is 9.72. The zero-order valence-corrected chi connectivity index (χ0v) is 10.2. The Labute approximate surface area is 113 Å². The van der Waals surface area contributed by atoms with E-state index in [0.29, 0.717) is 16.6 Å². The molecule has 3 aromatic rings. The van der Waals surface area contributed by atoms with Crippen LogP contribution in [-0.2, 0) is 0 Å². The van der Waals surface area contributed by atoms with Crippen LogP contribution in [0.4, 0.5) is 0 Å². The Bertz CT molecular complexity index is 861. The number of imidazole rings is 1. The van der Waals surface area contributed by atoms with Gasteiger partial charge in [0.15, 0.2) is 0 Å². The van der Waals surface area contributed by atoms with E-state index in [1.54, 1.807) is 30.5 Å². The number of hydrogen-bond donors (Lipinski definition) is 1. The molecule has 0 unspecified atom stereocenters. The van der Waals surface area contributed by atoms with Crippen LogP contribution in [0.2, 0.25) is 0 Å². The highest BCUT2D eigenvalue weighted by molar-refractivity contribution is 6.05. The van der Waals surface area contributed by atoms with Gasteiger partial charge in [0.2, 0.25) is 5.82 Å². The lowest BCUT2D eigenvalue weighted by atomic mass is 10.1. The van der Waals surface area contributed by atoms with Gasteiger partial charge in [0.1, 0.15) is 11.9 Å². The van der Waals surface area contributed by atoms with Gasteiger partial charge >= 0.3 is 5.97 Å². The molecule has 0 aliphatic rings. The fraction of sp³-hybridized carbons (Fsp3) is 0. The zero-order valence-electron chi connectivity index (χ0n) is 10.2. The van der Waals surface area contributed by atoms with E-state index in [0.717, 1.165) is 0 Å². The van der Waals surface area contributed by atoms with E-state index in [4.69, 9.17) is 5.26 Å². The predicted octanol–water partition coefficient (Wildman–Crippen LogP) is 1.99. The van der Waals surface area contributed by atoms with Crippen molar-refractivity contribution >= 4 is 16.7 Å². The van der Waals surface area contributed by atoms with E-state index in [2.05, 4.69) is 9.97 Å². The van der Waals surface area contributed by atoms with Gasteiger partial charge in [-0.3, -0.25) is 4.57 Å². The number of aromatic nitrogens is 3. The van der Waals surface area contributed by atoms with Gasteiger partial charge in [0.05, 0.1) is 5.56 Å². The van der Waals surface area contributed by atoms with Crippen LogP contribution in [0.15, 0.2) is 42.9 Å². The van der Waals surface area contributed by atoms with Crippen LogP contribution < -0.4 is 0 Å². The Morgan fingerprint density at radius 2 is 2.00 bits per heavy atom. The summed E-state index contributed by atoms with van der Waals surface area (Å²) in [6.45, 7) is 0. The van der Waals surface area contributed by atoms with Crippen LogP contribution in [0.5, 0.6) is 0 Å². The molecule has 0 fully saturated rings. The molecule has 0 aliphatic carbocycles. The van der Waals surface area contributed by atoms with Crippen LogP contribution in [0.1, 0.15) is 16.2 Å². The molecule has 6 heteroatoms. The highest BCUT2D eigenvalue weighted by Crippen LogP contribution is 2.24. The summed E-state index contributed by atoms with van der Waals surface area (Å²) in [5, 5.41) is 19.4. The first-order valence-electron chi connectivity index (χ1n) is 5.77. The highest BCUT2D eigenvalue weighted by Gasteiger charge is 2.14. The summed E-state index contributed by atoms with van der Waals surface area (Å²) < 4.78 is 1.54. The Hall–Kier alpha value is -3.20. The fourth-order valence-electron chi connectivity index (χ4n) is 2.10. The molecule has 3 rings (SSSR count). The summed E-state index contributed by atoms with van der Waals surface area (Å²) in [4.78, 5) is 19.3. The number of rotatable bonds is 2. The number of nitrogens with zero attached hydrogens (tertiary/aromatic N) is 4. The summed E-state index contributed by atoms with van der Waals surface area (Å²) in [7, 11) is 0. The van der Waals surface area contributed by atoms with Gasteiger partial charge in [-0.05, 0) is 0 Å². The molecule has 0 spiro atoms. The molecule has 1 N–H and O–H groups in total. The molecule has 0 saturated heterocycles. The van der Waals surface area contributed by atoms with E-state index in [1.165, 1.54) is 17.0 Å². The van der Waals surface area contributed by atoms with Crippen LogP contribution in [0.25, 0.3) is 16.6 Å². The summed E-state index contributed by atoms with van der Waals surface area (Å²) in [6.07, 6.45) is 4.41. The topological polar surface area (TPSA) is 91.8 Å². The number of carbonyl (C=O) groups is 1. The minimum absolute atomic E-state index is 0.128. The minimum Gasteiger partial charge on any atom is -0.478 e. The quantitative estimate of drug-likeness (QED) is 0.764. The molecule has 0 amide bonds. The molecule has 0 atom stereocenters. The maximum Gasteiger partial charge on any atom is 0.337 e. The van der Waals surface area contributed by atoms with E-state index in [1.807, 2.05) is 6.07 Å². The van der Waals surface area contributed by atoms with Gasteiger partial charge in [-0.2, -0.15) is 5.26 Å². The third kappa shape index (κ3) is 1.69. The predicted molar refractivity (Wildman–Crippen MR) is 70.5 cm³/mol. The standard InChI is InChI=1S/C14H8N4O2/c15-7-12-16-5-6-18(12)13-10-4-2-1-3-9(10)11(8-17-13)14(19)20/h1-6,8H,(H,19,20). The normalized spacial score (nSPS) is 10.3. The van der Waals surface area contributed by atoms with Gasteiger partial charge < -0.3 is 5.11 Å². The number of benzene rings is 1. The largest absolute Gasteiger partial charge is 0.478 e. The molecule has 20 heavy (non-hydrogen) atoms. The molecular formula is C14H8N4O2. The van der Waals surface area contributed by atoms with Gasteiger partial charge in [-0.15, -0.1) is 0 Å². The third-order valence-electron chi connectivity index (χ3n) is 2.97. The Morgan fingerprint density at radius 1 is 1.25 bits per heavy atom. The van der Waals surface area contributed by atoms with E-state index < -0.39 is 5.97 Å². The molecule has 1 aromatic carbocycles. The van der Waals surface area contributed by atoms with Crippen molar-refractivity contribution < 1.29 is 9.90 Å². The molecule has 0 radical (unpaired) electrons. The van der Waals surface area contributed by atoms with E-state index >= 15 is 0 Å². The zero-order chi connectivity index (χ0) is 14.1. The SMILES string of the molecule is N#Cc1nccn1-c1ncc(C(=O)O)c2ccccc12.